The number of fused-ring (bicyclic) bond motifs is 1. The van der Waals surface area contributed by atoms with Gasteiger partial charge < -0.3 is 4.52 Å². The van der Waals surface area contributed by atoms with Crippen molar-refractivity contribution in [3.05, 3.63) is 59.6 Å². The number of aryl methyl sites for hydroxylation is 1. The molecule has 7 heteroatoms. The standard InChI is InChI=1S/C16H15N5OS/c1-10(11-8-17-21(2)9-11)16-18-15(19-22-16)7-13-12-5-3-4-6-14(12)23-20-13/h3-6,8-10H,7H2,1-2H3. The SMILES string of the molecule is CC(c1cnn(C)c1)c1nc(Cc2nsc3ccccc23)no1. The summed E-state index contributed by atoms with van der Waals surface area (Å²) in [6, 6.07) is 8.19. The summed E-state index contributed by atoms with van der Waals surface area (Å²) in [5.41, 5.74) is 2.05. The van der Waals surface area contributed by atoms with Gasteiger partial charge in [-0.15, -0.1) is 0 Å². The predicted octanol–water partition coefficient (Wildman–Crippen LogP) is 3.16. The number of hydrogen-bond acceptors (Lipinski definition) is 6. The lowest BCUT2D eigenvalue weighted by atomic mass is 10.1. The van der Waals surface area contributed by atoms with Crippen LogP contribution in [0.25, 0.3) is 10.1 Å². The first-order valence-electron chi connectivity index (χ1n) is 7.35. The maximum atomic E-state index is 5.43. The molecule has 0 fully saturated rings. The lowest BCUT2D eigenvalue weighted by Crippen LogP contribution is -1.97. The van der Waals surface area contributed by atoms with Gasteiger partial charge in [-0.2, -0.15) is 14.5 Å². The molecule has 0 aliphatic carbocycles. The lowest BCUT2D eigenvalue weighted by Gasteiger charge is -2.01. The van der Waals surface area contributed by atoms with Crippen LogP contribution in [0.1, 0.15) is 35.8 Å². The molecule has 3 aromatic heterocycles. The molecule has 0 aliphatic rings. The van der Waals surface area contributed by atoms with Gasteiger partial charge in [0.2, 0.25) is 5.89 Å². The normalized spacial score (nSPS) is 12.8. The van der Waals surface area contributed by atoms with Crippen LogP contribution < -0.4 is 0 Å². The third kappa shape index (κ3) is 2.63. The Kier molecular flexibility index (Phi) is 3.42. The Morgan fingerprint density at radius 3 is 3.00 bits per heavy atom. The van der Waals surface area contributed by atoms with Gasteiger partial charge in [0.15, 0.2) is 5.82 Å². The van der Waals surface area contributed by atoms with E-state index in [0.717, 1.165) is 16.6 Å². The van der Waals surface area contributed by atoms with Crippen molar-refractivity contribution in [1.29, 1.82) is 0 Å². The number of rotatable bonds is 4. The molecule has 0 saturated carbocycles. The van der Waals surface area contributed by atoms with Crippen LogP contribution in [0.3, 0.4) is 0 Å². The summed E-state index contributed by atoms with van der Waals surface area (Å²) in [5, 5.41) is 9.44. The summed E-state index contributed by atoms with van der Waals surface area (Å²) < 4.78 is 12.9. The van der Waals surface area contributed by atoms with E-state index < -0.39 is 0 Å². The summed E-state index contributed by atoms with van der Waals surface area (Å²) >= 11 is 1.50. The molecule has 4 aromatic rings. The molecule has 0 aliphatic heterocycles. The van der Waals surface area contributed by atoms with E-state index in [9.17, 15) is 0 Å². The molecule has 0 bridgehead atoms. The summed E-state index contributed by atoms with van der Waals surface area (Å²) in [6.07, 6.45) is 4.36. The van der Waals surface area contributed by atoms with Crippen molar-refractivity contribution >= 4 is 21.6 Å². The highest BCUT2D eigenvalue weighted by Crippen LogP contribution is 2.25. The fraction of sp³-hybridized carbons (Fsp3) is 0.250. The second-order valence-electron chi connectivity index (χ2n) is 5.52. The van der Waals surface area contributed by atoms with Crippen LogP contribution >= 0.6 is 11.5 Å². The summed E-state index contributed by atoms with van der Waals surface area (Å²) in [4.78, 5) is 4.53. The third-order valence-electron chi connectivity index (χ3n) is 3.86. The zero-order valence-corrected chi connectivity index (χ0v) is 13.6. The third-order valence-corrected chi connectivity index (χ3v) is 4.72. The maximum absolute atomic E-state index is 5.43. The quantitative estimate of drug-likeness (QED) is 0.576. The van der Waals surface area contributed by atoms with Crippen LogP contribution in [-0.4, -0.2) is 24.3 Å². The van der Waals surface area contributed by atoms with E-state index in [-0.39, 0.29) is 5.92 Å². The maximum Gasteiger partial charge on any atom is 0.234 e. The number of aromatic nitrogens is 5. The lowest BCUT2D eigenvalue weighted by molar-refractivity contribution is 0.366. The second-order valence-corrected chi connectivity index (χ2v) is 6.33. The highest BCUT2D eigenvalue weighted by Gasteiger charge is 2.18. The zero-order chi connectivity index (χ0) is 15.8. The van der Waals surface area contributed by atoms with Crippen LogP contribution in [-0.2, 0) is 13.5 Å². The Labute approximate surface area is 136 Å². The van der Waals surface area contributed by atoms with E-state index in [1.165, 1.54) is 16.2 Å². The van der Waals surface area contributed by atoms with E-state index in [1.54, 1.807) is 4.68 Å². The molecule has 3 heterocycles. The molecule has 116 valence electrons. The predicted molar refractivity (Wildman–Crippen MR) is 87.4 cm³/mol. The van der Waals surface area contributed by atoms with Crippen LogP contribution in [0, 0.1) is 0 Å². The van der Waals surface area contributed by atoms with Crippen LogP contribution in [0.5, 0.6) is 0 Å². The zero-order valence-electron chi connectivity index (χ0n) is 12.8. The second kappa shape index (κ2) is 5.58. The van der Waals surface area contributed by atoms with Gasteiger partial charge in [0.1, 0.15) is 0 Å². The van der Waals surface area contributed by atoms with Crippen LogP contribution in [0.4, 0.5) is 0 Å². The first kappa shape index (κ1) is 14.1. The van der Waals surface area contributed by atoms with E-state index in [0.29, 0.717) is 18.1 Å². The number of benzene rings is 1. The molecule has 1 atom stereocenters. The molecule has 23 heavy (non-hydrogen) atoms. The Bertz CT molecular complexity index is 954. The van der Waals surface area contributed by atoms with E-state index >= 15 is 0 Å². The summed E-state index contributed by atoms with van der Waals surface area (Å²) in [5.74, 6) is 1.29. The van der Waals surface area contributed by atoms with E-state index in [4.69, 9.17) is 4.52 Å². The largest absolute Gasteiger partial charge is 0.339 e. The molecule has 0 spiro atoms. The molecule has 0 saturated heterocycles. The van der Waals surface area contributed by atoms with Crippen molar-refractivity contribution in [2.45, 2.75) is 19.3 Å². The van der Waals surface area contributed by atoms with Gasteiger partial charge in [-0.25, -0.2) is 0 Å². The first-order chi connectivity index (χ1) is 11.2. The van der Waals surface area contributed by atoms with Gasteiger partial charge in [-0.05, 0) is 24.5 Å². The van der Waals surface area contributed by atoms with E-state index in [1.807, 2.05) is 38.5 Å². The van der Waals surface area contributed by atoms with Crippen molar-refractivity contribution in [2.24, 2.45) is 7.05 Å². The summed E-state index contributed by atoms with van der Waals surface area (Å²) in [7, 11) is 1.89. The highest BCUT2D eigenvalue weighted by atomic mass is 32.1. The minimum atomic E-state index is 0.0251. The molecular weight excluding hydrogens is 310 g/mol. The van der Waals surface area contributed by atoms with Crippen LogP contribution in [0.2, 0.25) is 0 Å². The Balaban J connectivity index is 1.58. The number of nitrogens with zero attached hydrogens (tertiary/aromatic N) is 5. The fourth-order valence-corrected chi connectivity index (χ4v) is 3.33. The molecule has 0 amide bonds. The average Bonchev–Trinajstić information content (AvgIpc) is 3.28. The smallest absolute Gasteiger partial charge is 0.234 e. The van der Waals surface area contributed by atoms with Crippen LogP contribution in [0.15, 0.2) is 41.2 Å². The van der Waals surface area contributed by atoms with Gasteiger partial charge in [-0.1, -0.05) is 23.4 Å². The van der Waals surface area contributed by atoms with Crippen molar-refractivity contribution < 1.29 is 4.52 Å². The Morgan fingerprint density at radius 2 is 2.17 bits per heavy atom. The highest BCUT2D eigenvalue weighted by molar-refractivity contribution is 7.13. The Hall–Kier alpha value is -2.54. The van der Waals surface area contributed by atoms with Gasteiger partial charge in [0.05, 0.1) is 28.9 Å². The number of hydrogen-bond donors (Lipinski definition) is 0. The monoisotopic (exact) mass is 325 g/mol. The van der Waals surface area contributed by atoms with Gasteiger partial charge in [0, 0.05) is 24.2 Å². The molecule has 6 nitrogen and oxygen atoms in total. The fourth-order valence-electron chi connectivity index (χ4n) is 2.54. The minimum Gasteiger partial charge on any atom is -0.339 e. The van der Waals surface area contributed by atoms with Gasteiger partial charge in [0.25, 0.3) is 0 Å². The van der Waals surface area contributed by atoms with Crippen molar-refractivity contribution in [3.63, 3.8) is 0 Å². The molecule has 1 aromatic carbocycles. The van der Waals surface area contributed by atoms with E-state index in [2.05, 4.69) is 31.7 Å². The molecule has 0 radical (unpaired) electrons. The minimum absolute atomic E-state index is 0.0251. The van der Waals surface area contributed by atoms with Gasteiger partial charge in [-0.3, -0.25) is 4.68 Å². The topological polar surface area (TPSA) is 69.6 Å². The molecule has 1 unspecified atom stereocenters. The molecular formula is C16H15N5OS. The van der Waals surface area contributed by atoms with Crippen molar-refractivity contribution in [3.8, 4) is 0 Å². The summed E-state index contributed by atoms with van der Waals surface area (Å²) in [6.45, 7) is 2.03. The Morgan fingerprint density at radius 1 is 1.30 bits per heavy atom. The average molecular weight is 325 g/mol. The van der Waals surface area contributed by atoms with Crippen molar-refractivity contribution in [2.75, 3.05) is 0 Å². The molecule has 0 N–H and O–H groups in total. The van der Waals surface area contributed by atoms with Gasteiger partial charge >= 0.3 is 0 Å². The first-order valence-corrected chi connectivity index (χ1v) is 8.12. The van der Waals surface area contributed by atoms with Crippen molar-refractivity contribution in [1.82, 2.24) is 24.3 Å². The molecule has 4 rings (SSSR count).